The van der Waals surface area contributed by atoms with Crippen LogP contribution in [0, 0.1) is 0 Å². The van der Waals surface area contributed by atoms with E-state index in [1.54, 1.807) is 6.20 Å². The highest BCUT2D eigenvalue weighted by Crippen LogP contribution is 2.08. The summed E-state index contributed by atoms with van der Waals surface area (Å²) in [6.07, 6.45) is 3.65. The van der Waals surface area contributed by atoms with E-state index in [0.29, 0.717) is 6.54 Å². The van der Waals surface area contributed by atoms with Gasteiger partial charge in [0, 0.05) is 32.0 Å². The maximum Gasteiger partial charge on any atom is 0.0558 e. The molecule has 3 heteroatoms. The van der Waals surface area contributed by atoms with Crippen molar-refractivity contribution in [2.45, 2.75) is 13.1 Å². The molecule has 3 nitrogen and oxygen atoms in total. The molecule has 0 amide bonds. The number of hydrogen-bond acceptors (Lipinski definition) is 3. The van der Waals surface area contributed by atoms with Gasteiger partial charge in [-0.25, -0.2) is 0 Å². The van der Waals surface area contributed by atoms with E-state index in [1.165, 1.54) is 11.1 Å². The molecule has 1 aromatic heterocycles. The summed E-state index contributed by atoms with van der Waals surface area (Å²) in [5.41, 5.74) is 2.43. The molecule has 0 saturated carbocycles. The lowest BCUT2D eigenvalue weighted by Crippen LogP contribution is -2.26. The summed E-state index contributed by atoms with van der Waals surface area (Å²) in [6.45, 7) is 2.50. The zero-order valence-corrected chi connectivity index (χ0v) is 10.4. The second kappa shape index (κ2) is 6.89. The second-order valence-electron chi connectivity index (χ2n) is 4.28. The Kier molecular flexibility index (Phi) is 4.88. The van der Waals surface area contributed by atoms with Crippen LogP contribution in [0.4, 0.5) is 0 Å². The number of benzene rings is 1. The molecule has 18 heavy (non-hydrogen) atoms. The number of aliphatic hydroxyl groups excluding tert-OH is 1. The van der Waals surface area contributed by atoms with Gasteiger partial charge in [-0.2, -0.15) is 0 Å². The number of hydrogen-bond donors (Lipinski definition) is 1. The molecule has 0 bridgehead atoms. The predicted molar refractivity (Wildman–Crippen MR) is 71.9 cm³/mol. The lowest BCUT2D eigenvalue weighted by Gasteiger charge is -2.21. The molecule has 0 aliphatic carbocycles. The Labute approximate surface area is 108 Å². The fourth-order valence-corrected chi connectivity index (χ4v) is 1.95. The highest BCUT2D eigenvalue weighted by Gasteiger charge is 2.06. The number of nitrogens with zero attached hydrogens (tertiary/aromatic N) is 2. The smallest absolute Gasteiger partial charge is 0.0558 e. The Morgan fingerprint density at radius 2 is 1.67 bits per heavy atom. The van der Waals surface area contributed by atoms with Gasteiger partial charge in [0.25, 0.3) is 0 Å². The average molecular weight is 242 g/mol. The molecule has 94 valence electrons. The summed E-state index contributed by atoms with van der Waals surface area (Å²) in [7, 11) is 0. The minimum atomic E-state index is 0.174. The van der Waals surface area contributed by atoms with Crippen LogP contribution in [0.2, 0.25) is 0 Å². The summed E-state index contributed by atoms with van der Waals surface area (Å²) >= 11 is 0. The maximum atomic E-state index is 9.14. The first-order chi connectivity index (χ1) is 8.88. The van der Waals surface area contributed by atoms with E-state index in [0.717, 1.165) is 13.1 Å². The van der Waals surface area contributed by atoms with Gasteiger partial charge in [0.2, 0.25) is 0 Å². The number of aliphatic hydroxyl groups is 1. The largest absolute Gasteiger partial charge is 0.395 e. The number of aromatic nitrogens is 1. The Morgan fingerprint density at radius 1 is 0.944 bits per heavy atom. The van der Waals surface area contributed by atoms with E-state index in [4.69, 9.17) is 5.11 Å². The molecule has 1 aromatic carbocycles. The Balaban J connectivity index is 2.00. The molecule has 1 N–H and O–H groups in total. The third-order valence-electron chi connectivity index (χ3n) is 2.79. The average Bonchev–Trinajstić information content (AvgIpc) is 2.41. The third kappa shape index (κ3) is 3.95. The van der Waals surface area contributed by atoms with Crippen molar-refractivity contribution >= 4 is 0 Å². The van der Waals surface area contributed by atoms with Gasteiger partial charge in [-0.05, 0) is 17.2 Å². The van der Waals surface area contributed by atoms with E-state index in [1.807, 2.05) is 30.5 Å². The highest BCUT2D eigenvalue weighted by molar-refractivity contribution is 5.15. The molecule has 0 saturated heterocycles. The molecule has 0 fully saturated rings. The lowest BCUT2D eigenvalue weighted by atomic mass is 10.2. The lowest BCUT2D eigenvalue weighted by molar-refractivity contribution is 0.184. The predicted octanol–water partition coefficient (Wildman–Crippen LogP) is 2.08. The van der Waals surface area contributed by atoms with Crippen molar-refractivity contribution in [2.24, 2.45) is 0 Å². The topological polar surface area (TPSA) is 36.4 Å². The standard InChI is InChI=1S/C15H18N2O/c18-10-9-17(12-14-5-2-1-3-6-14)13-15-7-4-8-16-11-15/h1-8,11,18H,9-10,12-13H2. The molecule has 2 rings (SSSR count). The van der Waals surface area contributed by atoms with Crippen molar-refractivity contribution in [3.63, 3.8) is 0 Å². The van der Waals surface area contributed by atoms with Gasteiger partial charge in [-0.15, -0.1) is 0 Å². The van der Waals surface area contributed by atoms with Crippen LogP contribution >= 0.6 is 0 Å². The summed E-state index contributed by atoms with van der Waals surface area (Å²) < 4.78 is 0. The molecule has 0 unspecified atom stereocenters. The molecule has 0 aliphatic rings. The quantitative estimate of drug-likeness (QED) is 0.842. The van der Waals surface area contributed by atoms with Crippen molar-refractivity contribution in [1.82, 2.24) is 9.88 Å². The molecule has 0 spiro atoms. The normalized spacial score (nSPS) is 10.8. The van der Waals surface area contributed by atoms with Crippen LogP contribution in [0.5, 0.6) is 0 Å². The summed E-state index contributed by atoms with van der Waals surface area (Å²) in [6, 6.07) is 14.3. The molecular weight excluding hydrogens is 224 g/mol. The van der Waals surface area contributed by atoms with E-state index in [2.05, 4.69) is 28.1 Å². The van der Waals surface area contributed by atoms with Crippen LogP contribution < -0.4 is 0 Å². The van der Waals surface area contributed by atoms with Crippen LogP contribution in [-0.2, 0) is 13.1 Å². The van der Waals surface area contributed by atoms with Crippen molar-refractivity contribution in [3.8, 4) is 0 Å². The fourth-order valence-electron chi connectivity index (χ4n) is 1.95. The molecule has 0 radical (unpaired) electrons. The zero-order valence-electron chi connectivity index (χ0n) is 10.4. The molecule has 1 heterocycles. The van der Waals surface area contributed by atoms with Crippen LogP contribution in [-0.4, -0.2) is 28.1 Å². The van der Waals surface area contributed by atoms with Gasteiger partial charge in [0.1, 0.15) is 0 Å². The SMILES string of the molecule is OCCN(Cc1ccccc1)Cc1cccnc1. The fraction of sp³-hybridized carbons (Fsp3) is 0.267. The van der Waals surface area contributed by atoms with Crippen LogP contribution in [0.1, 0.15) is 11.1 Å². The first-order valence-corrected chi connectivity index (χ1v) is 6.14. The first-order valence-electron chi connectivity index (χ1n) is 6.14. The Morgan fingerprint density at radius 3 is 2.33 bits per heavy atom. The van der Waals surface area contributed by atoms with Crippen LogP contribution in [0.15, 0.2) is 54.9 Å². The molecular formula is C15H18N2O. The zero-order chi connectivity index (χ0) is 12.6. The van der Waals surface area contributed by atoms with E-state index in [9.17, 15) is 0 Å². The van der Waals surface area contributed by atoms with E-state index in [-0.39, 0.29) is 6.61 Å². The number of rotatable bonds is 6. The van der Waals surface area contributed by atoms with Gasteiger partial charge in [0.15, 0.2) is 0 Å². The van der Waals surface area contributed by atoms with Crippen LogP contribution in [0.25, 0.3) is 0 Å². The van der Waals surface area contributed by atoms with Gasteiger partial charge in [0.05, 0.1) is 6.61 Å². The summed E-state index contributed by atoms with van der Waals surface area (Å²) in [5, 5.41) is 9.14. The minimum Gasteiger partial charge on any atom is -0.395 e. The Hall–Kier alpha value is -1.71. The van der Waals surface area contributed by atoms with Crippen molar-refractivity contribution in [1.29, 1.82) is 0 Å². The summed E-state index contributed by atoms with van der Waals surface area (Å²) in [5.74, 6) is 0. The monoisotopic (exact) mass is 242 g/mol. The van der Waals surface area contributed by atoms with Gasteiger partial charge in [-0.3, -0.25) is 9.88 Å². The van der Waals surface area contributed by atoms with Gasteiger partial charge in [-0.1, -0.05) is 36.4 Å². The first kappa shape index (κ1) is 12.7. The highest BCUT2D eigenvalue weighted by atomic mass is 16.3. The molecule has 0 atom stereocenters. The Bertz CT molecular complexity index is 403. The van der Waals surface area contributed by atoms with Gasteiger partial charge < -0.3 is 5.11 Å². The second-order valence-corrected chi connectivity index (χ2v) is 4.28. The van der Waals surface area contributed by atoms with E-state index >= 15 is 0 Å². The van der Waals surface area contributed by atoms with E-state index < -0.39 is 0 Å². The third-order valence-corrected chi connectivity index (χ3v) is 2.79. The molecule has 2 aromatic rings. The number of pyridine rings is 1. The van der Waals surface area contributed by atoms with Crippen molar-refractivity contribution in [2.75, 3.05) is 13.2 Å². The van der Waals surface area contributed by atoms with Gasteiger partial charge >= 0.3 is 0 Å². The summed E-state index contributed by atoms with van der Waals surface area (Å²) in [4.78, 5) is 6.33. The minimum absolute atomic E-state index is 0.174. The maximum absolute atomic E-state index is 9.14. The van der Waals surface area contributed by atoms with Crippen LogP contribution in [0.3, 0.4) is 0 Å². The van der Waals surface area contributed by atoms with Crippen molar-refractivity contribution in [3.05, 3.63) is 66.0 Å². The molecule has 0 aliphatic heterocycles. The van der Waals surface area contributed by atoms with Crippen molar-refractivity contribution < 1.29 is 5.11 Å².